The zero-order chi connectivity index (χ0) is 29.7. The Bertz CT molecular complexity index is 1440. The number of nitrogens with zero attached hydrogens (tertiary/aromatic N) is 4. The van der Waals surface area contributed by atoms with Crippen LogP contribution in [-0.4, -0.2) is 65.1 Å². The lowest BCUT2D eigenvalue weighted by Crippen LogP contribution is -2.35. The number of aromatic nitrogens is 4. The number of hydrogen-bond donors (Lipinski definition) is 0. The molecule has 0 saturated carbocycles. The fourth-order valence-electron chi connectivity index (χ4n) is 4.83. The summed E-state index contributed by atoms with van der Waals surface area (Å²) < 4.78 is 51.8. The van der Waals surface area contributed by atoms with Crippen molar-refractivity contribution in [3.05, 3.63) is 85.0 Å². The molecular weight excluding hydrogens is 544 g/mol. The Balaban J connectivity index is 1.48. The Morgan fingerprint density at radius 3 is 2.51 bits per heavy atom. The molecule has 1 fully saturated rings. The third kappa shape index (κ3) is 7.68. The van der Waals surface area contributed by atoms with Gasteiger partial charge in [0.15, 0.2) is 5.79 Å². The molecule has 0 amide bonds. The van der Waals surface area contributed by atoms with E-state index in [9.17, 15) is 8.42 Å². The van der Waals surface area contributed by atoms with Gasteiger partial charge in [-0.05, 0) is 80.3 Å². The number of benzene rings is 2. The van der Waals surface area contributed by atoms with Crippen molar-refractivity contribution < 1.29 is 27.4 Å². The summed E-state index contributed by atoms with van der Waals surface area (Å²) in [5, 5.41) is 11.1. The predicted octanol–water partition coefficient (Wildman–Crippen LogP) is 4.85. The van der Waals surface area contributed by atoms with Gasteiger partial charge in [0.2, 0.25) is 9.84 Å². The monoisotopic (exact) mass is 582 g/mol. The van der Waals surface area contributed by atoms with Gasteiger partial charge in [-0.3, -0.25) is 0 Å². The van der Waals surface area contributed by atoms with Crippen molar-refractivity contribution in [3.63, 3.8) is 0 Å². The highest BCUT2D eigenvalue weighted by Gasteiger charge is 2.48. The molecule has 3 aromatic rings. The number of tetrazole rings is 1. The number of para-hydroxylation sites is 1. The van der Waals surface area contributed by atoms with Gasteiger partial charge in [0.1, 0.15) is 11.4 Å². The van der Waals surface area contributed by atoms with Gasteiger partial charge in [0, 0.05) is 0 Å². The zero-order valence-electron chi connectivity index (χ0n) is 24.0. The van der Waals surface area contributed by atoms with E-state index >= 15 is 0 Å². The van der Waals surface area contributed by atoms with Gasteiger partial charge in [0.05, 0.1) is 37.4 Å². The van der Waals surface area contributed by atoms with Gasteiger partial charge in [-0.25, -0.2) is 8.42 Å². The molecule has 0 aliphatic carbocycles. The molecule has 1 saturated heterocycles. The molecule has 1 aliphatic rings. The molecule has 0 bridgehead atoms. The molecule has 2 heterocycles. The molecule has 41 heavy (non-hydrogen) atoms. The standard InChI is InChI=1S/C30H38N4O6S/c1-7-30(5)27(39-29(3,4)40-30)20-22(2)19-26(38-21-23-13-15-25(37-6)16-14-23)17-18-41(35,36)28-31-32-33-34(28)24-11-9-8-10-12-24/h7-16,26-27H,1-2,17-21H2,3-6H3/t26-,27+,30+/m0/s1. The van der Waals surface area contributed by atoms with Crippen molar-refractivity contribution in [2.24, 2.45) is 0 Å². The van der Waals surface area contributed by atoms with E-state index in [-0.39, 0.29) is 23.4 Å². The van der Waals surface area contributed by atoms with Crippen LogP contribution in [0.2, 0.25) is 0 Å². The number of ether oxygens (including phenoxy) is 4. The summed E-state index contributed by atoms with van der Waals surface area (Å²) >= 11 is 0. The molecule has 11 heteroatoms. The van der Waals surface area contributed by atoms with Gasteiger partial charge < -0.3 is 18.9 Å². The van der Waals surface area contributed by atoms with Crippen molar-refractivity contribution in [2.75, 3.05) is 12.9 Å². The molecule has 10 nitrogen and oxygen atoms in total. The summed E-state index contributed by atoms with van der Waals surface area (Å²) in [7, 11) is -2.23. The summed E-state index contributed by atoms with van der Waals surface area (Å²) in [6, 6.07) is 16.4. The SMILES string of the molecule is C=C[C@@]1(C)OC(C)(C)O[C@@H]1CC(=C)C[C@H](CCS(=O)(=O)c1nnnn1-c1ccccc1)OCc1ccc(OC)cc1. The highest BCUT2D eigenvalue weighted by molar-refractivity contribution is 7.91. The number of hydrogen-bond acceptors (Lipinski definition) is 9. The summed E-state index contributed by atoms with van der Waals surface area (Å²) in [4.78, 5) is 0. The van der Waals surface area contributed by atoms with E-state index in [0.29, 0.717) is 25.1 Å². The number of methoxy groups -OCH3 is 1. The Hall–Kier alpha value is -3.38. The maximum Gasteiger partial charge on any atom is 0.272 e. The quantitative estimate of drug-likeness (QED) is 0.246. The fraction of sp³-hybridized carbons (Fsp3) is 0.433. The summed E-state index contributed by atoms with van der Waals surface area (Å²) in [5.74, 6) is -0.219. The second-order valence-electron chi connectivity index (χ2n) is 10.8. The van der Waals surface area contributed by atoms with Crippen LogP contribution in [0.5, 0.6) is 5.75 Å². The van der Waals surface area contributed by atoms with Crippen LogP contribution in [0.1, 0.15) is 45.6 Å². The van der Waals surface area contributed by atoms with Crippen LogP contribution >= 0.6 is 0 Å². The molecule has 4 rings (SSSR count). The van der Waals surface area contributed by atoms with E-state index in [1.807, 2.05) is 51.1 Å². The molecule has 1 aliphatic heterocycles. The van der Waals surface area contributed by atoms with Gasteiger partial charge in [-0.15, -0.1) is 6.58 Å². The molecule has 0 radical (unpaired) electrons. The second-order valence-corrected chi connectivity index (χ2v) is 12.8. The average molecular weight is 583 g/mol. The minimum atomic E-state index is -3.84. The number of rotatable bonds is 14. The van der Waals surface area contributed by atoms with Crippen LogP contribution in [0.25, 0.3) is 5.69 Å². The van der Waals surface area contributed by atoms with E-state index in [0.717, 1.165) is 16.9 Å². The Kier molecular flexibility index (Phi) is 9.43. The van der Waals surface area contributed by atoms with Crippen LogP contribution in [-0.2, 0) is 30.7 Å². The molecule has 0 unspecified atom stereocenters. The van der Waals surface area contributed by atoms with Crippen molar-refractivity contribution >= 4 is 9.84 Å². The van der Waals surface area contributed by atoms with E-state index in [2.05, 4.69) is 28.7 Å². The van der Waals surface area contributed by atoms with Gasteiger partial charge in [-0.2, -0.15) is 4.68 Å². The third-order valence-corrected chi connectivity index (χ3v) is 8.58. The van der Waals surface area contributed by atoms with E-state index in [1.54, 1.807) is 37.5 Å². The fourth-order valence-corrected chi connectivity index (χ4v) is 6.15. The van der Waals surface area contributed by atoms with Crippen molar-refractivity contribution in [2.45, 2.75) is 75.4 Å². The van der Waals surface area contributed by atoms with Crippen molar-refractivity contribution in [1.29, 1.82) is 0 Å². The van der Waals surface area contributed by atoms with Crippen LogP contribution in [0.3, 0.4) is 0 Å². The average Bonchev–Trinajstić information content (AvgIpc) is 3.54. The Morgan fingerprint density at radius 2 is 1.85 bits per heavy atom. The molecule has 0 spiro atoms. The van der Waals surface area contributed by atoms with Crippen molar-refractivity contribution in [3.8, 4) is 11.4 Å². The molecular formula is C30H38N4O6S. The highest BCUT2D eigenvalue weighted by atomic mass is 32.2. The Labute approximate surface area is 241 Å². The minimum absolute atomic E-state index is 0.207. The summed E-state index contributed by atoms with van der Waals surface area (Å²) in [6.07, 6.45) is 2.18. The summed E-state index contributed by atoms with van der Waals surface area (Å²) in [6.45, 7) is 14.2. The van der Waals surface area contributed by atoms with Crippen molar-refractivity contribution in [1.82, 2.24) is 20.2 Å². The molecule has 2 aromatic carbocycles. The van der Waals surface area contributed by atoms with Gasteiger partial charge >= 0.3 is 0 Å². The maximum absolute atomic E-state index is 13.4. The number of sulfone groups is 1. The Morgan fingerprint density at radius 1 is 1.15 bits per heavy atom. The first-order valence-corrected chi connectivity index (χ1v) is 15.1. The van der Waals surface area contributed by atoms with Crippen LogP contribution in [0.4, 0.5) is 0 Å². The maximum atomic E-state index is 13.4. The first-order valence-electron chi connectivity index (χ1n) is 13.4. The normalized spacial score (nSPS) is 20.9. The molecule has 0 N–H and O–H groups in total. The lowest BCUT2D eigenvalue weighted by atomic mass is 9.92. The lowest BCUT2D eigenvalue weighted by molar-refractivity contribution is -0.153. The topological polar surface area (TPSA) is 115 Å². The van der Waals surface area contributed by atoms with E-state index < -0.39 is 27.3 Å². The molecule has 1 aromatic heterocycles. The molecule has 220 valence electrons. The smallest absolute Gasteiger partial charge is 0.272 e. The van der Waals surface area contributed by atoms with Crippen LogP contribution in [0.15, 0.2) is 84.6 Å². The predicted molar refractivity (Wildman–Crippen MR) is 154 cm³/mol. The van der Waals surface area contributed by atoms with E-state index in [1.165, 1.54) is 4.68 Å². The van der Waals surface area contributed by atoms with E-state index in [4.69, 9.17) is 18.9 Å². The largest absolute Gasteiger partial charge is 0.497 e. The second kappa shape index (κ2) is 12.6. The van der Waals surface area contributed by atoms with Gasteiger partial charge in [0.25, 0.3) is 5.16 Å². The first-order chi connectivity index (χ1) is 19.4. The first kappa shape index (κ1) is 30.6. The third-order valence-electron chi connectivity index (χ3n) is 7.00. The minimum Gasteiger partial charge on any atom is -0.497 e. The molecule has 3 atom stereocenters. The zero-order valence-corrected chi connectivity index (χ0v) is 24.8. The summed E-state index contributed by atoms with van der Waals surface area (Å²) in [5.41, 5.74) is 1.68. The van der Waals surface area contributed by atoms with Crippen LogP contribution in [0, 0.1) is 0 Å². The van der Waals surface area contributed by atoms with Gasteiger partial charge in [-0.1, -0.05) is 53.7 Å². The highest BCUT2D eigenvalue weighted by Crippen LogP contribution is 2.40. The lowest BCUT2D eigenvalue weighted by Gasteiger charge is -2.26. The van der Waals surface area contributed by atoms with Crippen LogP contribution < -0.4 is 4.74 Å².